The van der Waals surface area contributed by atoms with Crippen molar-refractivity contribution in [1.82, 2.24) is 24.8 Å². The Labute approximate surface area is 140 Å². The molecule has 4 heterocycles. The van der Waals surface area contributed by atoms with Crippen LogP contribution in [0.25, 0.3) is 5.65 Å². The third-order valence-corrected chi connectivity index (χ3v) is 4.30. The first-order chi connectivity index (χ1) is 11.8. The van der Waals surface area contributed by atoms with Gasteiger partial charge in [-0.05, 0) is 37.5 Å². The highest BCUT2D eigenvalue weighted by molar-refractivity contribution is 5.68. The number of hydrogen-bond donors (Lipinski definition) is 0. The second-order valence-corrected chi connectivity index (χ2v) is 6.15. The molecular weight excluding hydrogens is 304 g/mol. The van der Waals surface area contributed by atoms with Gasteiger partial charge in [0.25, 0.3) is 0 Å². The molecule has 124 valence electrons. The van der Waals surface area contributed by atoms with Gasteiger partial charge in [0.05, 0.1) is 24.1 Å². The van der Waals surface area contributed by atoms with Gasteiger partial charge < -0.3 is 9.64 Å². The largest absolute Gasteiger partial charge is 0.372 e. The molecule has 3 aromatic rings. The maximum absolute atomic E-state index is 6.10. The van der Waals surface area contributed by atoms with Crippen LogP contribution < -0.4 is 4.90 Å². The lowest BCUT2D eigenvalue weighted by Crippen LogP contribution is -2.40. The topological polar surface area (TPSA) is 68.4 Å². The fourth-order valence-corrected chi connectivity index (χ4v) is 3.16. The van der Waals surface area contributed by atoms with Crippen LogP contribution in [0.1, 0.15) is 24.1 Å². The van der Waals surface area contributed by atoms with E-state index in [4.69, 9.17) is 4.74 Å². The van der Waals surface area contributed by atoms with Gasteiger partial charge in [0.15, 0.2) is 0 Å². The Morgan fingerprint density at radius 3 is 3.21 bits per heavy atom. The van der Waals surface area contributed by atoms with Gasteiger partial charge in [-0.3, -0.25) is 4.98 Å². The molecule has 1 unspecified atom stereocenters. The van der Waals surface area contributed by atoms with E-state index < -0.39 is 0 Å². The van der Waals surface area contributed by atoms with Gasteiger partial charge in [0.2, 0.25) is 5.65 Å². The zero-order valence-electron chi connectivity index (χ0n) is 13.7. The third kappa shape index (κ3) is 3.07. The number of piperidine rings is 1. The SMILES string of the molecule is Cc1cc(N2CCCC(OCc3cccnc3)C2)c2nncn2n1. The summed E-state index contributed by atoms with van der Waals surface area (Å²) < 4.78 is 7.85. The number of aromatic nitrogens is 5. The average Bonchev–Trinajstić information content (AvgIpc) is 3.08. The molecule has 0 bridgehead atoms. The van der Waals surface area contributed by atoms with E-state index in [1.54, 1.807) is 17.0 Å². The second kappa shape index (κ2) is 6.52. The number of rotatable bonds is 4. The maximum atomic E-state index is 6.10. The lowest BCUT2D eigenvalue weighted by molar-refractivity contribution is 0.0314. The third-order valence-electron chi connectivity index (χ3n) is 4.30. The molecule has 7 heteroatoms. The quantitative estimate of drug-likeness (QED) is 0.731. The number of hydrogen-bond acceptors (Lipinski definition) is 6. The van der Waals surface area contributed by atoms with Crippen LogP contribution in [0, 0.1) is 6.92 Å². The molecule has 24 heavy (non-hydrogen) atoms. The van der Waals surface area contributed by atoms with Crippen molar-refractivity contribution < 1.29 is 4.74 Å². The van der Waals surface area contributed by atoms with Crippen LogP contribution in [0.4, 0.5) is 5.69 Å². The Morgan fingerprint density at radius 2 is 2.33 bits per heavy atom. The van der Waals surface area contributed by atoms with Crippen LogP contribution in [0.5, 0.6) is 0 Å². The van der Waals surface area contributed by atoms with Crippen LogP contribution in [0.3, 0.4) is 0 Å². The Balaban J connectivity index is 1.49. The molecule has 0 aliphatic carbocycles. The van der Waals surface area contributed by atoms with E-state index in [0.29, 0.717) is 6.61 Å². The van der Waals surface area contributed by atoms with Gasteiger partial charge in [-0.15, -0.1) is 10.2 Å². The van der Waals surface area contributed by atoms with Crippen LogP contribution in [-0.4, -0.2) is 44.0 Å². The van der Waals surface area contributed by atoms with Crippen molar-refractivity contribution in [3.63, 3.8) is 0 Å². The van der Waals surface area contributed by atoms with E-state index in [1.165, 1.54) is 0 Å². The van der Waals surface area contributed by atoms with Crippen LogP contribution in [0.2, 0.25) is 0 Å². The molecule has 4 rings (SSSR count). The summed E-state index contributed by atoms with van der Waals surface area (Å²) >= 11 is 0. The number of anilines is 1. The summed E-state index contributed by atoms with van der Waals surface area (Å²) in [6.07, 6.45) is 7.65. The summed E-state index contributed by atoms with van der Waals surface area (Å²) in [6.45, 7) is 4.44. The van der Waals surface area contributed by atoms with E-state index in [2.05, 4.69) is 31.2 Å². The first-order valence-electron chi connectivity index (χ1n) is 8.23. The molecule has 0 amide bonds. The standard InChI is InChI=1S/C17H20N6O/c1-13-8-16(17-20-19-12-23(17)21-13)22-7-3-5-15(10-22)24-11-14-4-2-6-18-9-14/h2,4,6,8-9,12,15H,3,5,7,10-11H2,1H3. The Hall–Kier alpha value is -2.54. The predicted molar refractivity (Wildman–Crippen MR) is 89.8 cm³/mol. The first-order valence-corrected chi connectivity index (χ1v) is 8.23. The highest BCUT2D eigenvalue weighted by atomic mass is 16.5. The van der Waals surface area contributed by atoms with Crippen molar-refractivity contribution in [2.45, 2.75) is 32.5 Å². The Kier molecular flexibility index (Phi) is 4.08. The molecule has 1 fully saturated rings. The smallest absolute Gasteiger partial charge is 0.200 e. The zero-order valence-corrected chi connectivity index (χ0v) is 13.7. The maximum Gasteiger partial charge on any atom is 0.200 e. The number of ether oxygens (including phenoxy) is 1. The Bertz CT molecular complexity index is 818. The lowest BCUT2D eigenvalue weighted by Gasteiger charge is -2.34. The van der Waals surface area contributed by atoms with E-state index in [-0.39, 0.29) is 6.10 Å². The monoisotopic (exact) mass is 324 g/mol. The summed E-state index contributed by atoms with van der Waals surface area (Å²) in [4.78, 5) is 6.46. The van der Waals surface area contributed by atoms with E-state index in [1.807, 2.05) is 25.3 Å². The van der Waals surface area contributed by atoms with Crippen LogP contribution >= 0.6 is 0 Å². The van der Waals surface area contributed by atoms with Gasteiger partial charge in [-0.25, -0.2) is 0 Å². The predicted octanol–water partition coefficient (Wildman–Crippen LogP) is 2.01. The van der Waals surface area contributed by atoms with Crippen molar-refractivity contribution >= 4 is 11.3 Å². The molecular formula is C17H20N6O. The van der Waals surface area contributed by atoms with Gasteiger partial charge in [-0.2, -0.15) is 9.61 Å². The second-order valence-electron chi connectivity index (χ2n) is 6.15. The Morgan fingerprint density at radius 1 is 1.38 bits per heavy atom. The minimum atomic E-state index is 0.204. The molecule has 1 atom stereocenters. The fourth-order valence-electron chi connectivity index (χ4n) is 3.16. The molecule has 1 aliphatic heterocycles. The van der Waals surface area contributed by atoms with Crippen molar-refractivity contribution in [3.8, 4) is 0 Å². The van der Waals surface area contributed by atoms with E-state index in [0.717, 1.165) is 48.5 Å². The van der Waals surface area contributed by atoms with Gasteiger partial charge in [-0.1, -0.05) is 6.07 Å². The molecule has 1 saturated heterocycles. The summed E-state index contributed by atoms with van der Waals surface area (Å²) in [5.41, 5.74) is 3.94. The number of pyridine rings is 1. The molecule has 0 saturated carbocycles. The van der Waals surface area contributed by atoms with Gasteiger partial charge >= 0.3 is 0 Å². The van der Waals surface area contributed by atoms with E-state index in [9.17, 15) is 0 Å². The molecule has 3 aromatic heterocycles. The molecule has 7 nitrogen and oxygen atoms in total. The minimum absolute atomic E-state index is 0.204. The molecule has 0 radical (unpaired) electrons. The zero-order chi connectivity index (χ0) is 16.4. The normalized spacial score (nSPS) is 18.2. The molecule has 0 N–H and O–H groups in total. The summed E-state index contributed by atoms with van der Waals surface area (Å²) in [5, 5.41) is 12.6. The molecule has 1 aliphatic rings. The fraction of sp³-hybridized carbons (Fsp3) is 0.412. The minimum Gasteiger partial charge on any atom is -0.372 e. The summed E-state index contributed by atoms with van der Waals surface area (Å²) in [7, 11) is 0. The van der Waals surface area contributed by atoms with Crippen molar-refractivity contribution in [3.05, 3.63) is 48.2 Å². The van der Waals surface area contributed by atoms with Crippen molar-refractivity contribution in [2.75, 3.05) is 18.0 Å². The highest BCUT2D eigenvalue weighted by Crippen LogP contribution is 2.25. The molecule has 0 aromatic carbocycles. The first kappa shape index (κ1) is 15.0. The molecule has 0 spiro atoms. The summed E-state index contributed by atoms with van der Waals surface area (Å²) in [6, 6.07) is 6.06. The van der Waals surface area contributed by atoms with Crippen molar-refractivity contribution in [2.24, 2.45) is 0 Å². The number of fused-ring (bicyclic) bond motifs is 1. The summed E-state index contributed by atoms with van der Waals surface area (Å²) in [5.74, 6) is 0. The van der Waals surface area contributed by atoms with E-state index >= 15 is 0 Å². The number of aryl methyl sites for hydroxylation is 1. The van der Waals surface area contributed by atoms with Gasteiger partial charge in [0.1, 0.15) is 6.33 Å². The average molecular weight is 324 g/mol. The van der Waals surface area contributed by atoms with Crippen molar-refractivity contribution in [1.29, 1.82) is 0 Å². The van der Waals surface area contributed by atoms with Crippen LogP contribution in [0.15, 0.2) is 36.9 Å². The number of nitrogens with zero attached hydrogens (tertiary/aromatic N) is 6. The van der Waals surface area contributed by atoms with Gasteiger partial charge in [0, 0.05) is 25.5 Å². The lowest BCUT2D eigenvalue weighted by atomic mass is 10.1. The van der Waals surface area contributed by atoms with Crippen LogP contribution in [-0.2, 0) is 11.3 Å². The highest BCUT2D eigenvalue weighted by Gasteiger charge is 2.23.